The molecule has 2 aromatic carbocycles. The number of anilines is 1. The normalized spacial score (nSPS) is 10.9. The van der Waals surface area contributed by atoms with Crippen LogP contribution < -0.4 is 16.2 Å². The number of aromatic nitrogens is 4. The van der Waals surface area contributed by atoms with E-state index in [4.69, 9.17) is 23.2 Å². The molecule has 0 aliphatic carbocycles. The van der Waals surface area contributed by atoms with Crippen LogP contribution in [0, 0.1) is 5.82 Å². The maximum atomic E-state index is 13.7. The number of hydrogen-bond donors (Lipinski definition) is 2. The molecular weight excluding hydrogens is 482 g/mol. The highest BCUT2D eigenvalue weighted by atomic mass is 35.5. The minimum absolute atomic E-state index is 0.0384. The summed E-state index contributed by atoms with van der Waals surface area (Å²) < 4.78 is 15.2. The molecule has 0 bridgehead atoms. The summed E-state index contributed by atoms with van der Waals surface area (Å²) in [5, 5.41) is 6.27. The van der Waals surface area contributed by atoms with Gasteiger partial charge in [-0.25, -0.2) is 14.4 Å². The highest BCUT2D eigenvalue weighted by Gasteiger charge is 2.15. The van der Waals surface area contributed by atoms with Gasteiger partial charge < -0.3 is 10.6 Å². The molecule has 0 aliphatic heterocycles. The van der Waals surface area contributed by atoms with Crippen LogP contribution in [0.4, 0.5) is 10.3 Å². The summed E-state index contributed by atoms with van der Waals surface area (Å²) >= 11 is 11.7. The lowest BCUT2D eigenvalue weighted by Gasteiger charge is -2.13. The average molecular weight is 501 g/mol. The van der Waals surface area contributed by atoms with E-state index in [9.17, 15) is 14.0 Å². The predicted molar refractivity (Wildman–Crippen MR) is 129 cm³/mol. The van der Waals surface area contributed by atoms with Crippen molar-refractivity contribution in [1.82, 2.24) is 24.8 Å². The number of benzene rings is 2. The van der Waals surface area contributed by atoms with Crippen LogP contribution in [0.15, 0.2) is 53.5 Å². The number of halogens is 3. The van der Waals surface area contributed by atoms with Crippen LogP contribution in [0.1, 0.15) is 12.5 Å². The smallest absolute Gasteiger partial charge is 0.278 e. The molecule has 1 amide bonds. The van der Waals surface area contributed by atoms with Gasteiger partial charge in [-0.2, -0.15) is 4.98 Å². The molecule has 2 N–H and O–H groups in total. The van der Waals surface area contributed by atoms with Gasteiger partial charge in [0.2, 0.25) is 11.9 Å². The van der Waals surface area contributed by atoms with Crippen molar-refractivity contribution in [3.05, 3.63) is 80.4 Å². The average Bonchev–Trinajstić information content (AvgIpc) is 2.81. The standard InChI is InChI=1S/C23H19Cl2FN6O2/c1-13(33)27-8-9-32-21-19(30-20(22(32)34)15-3-5-16(24)6-4-15)12-29-23(31-21)28-11-14-2-7-17(25)18(26)10-14/h2-7,10,12H,8-9,11H2,1H3,(H,27,33)(H,28,29,31). The SMILES string of the molecule is CC(=O)NCCn1c(=O)c(-c2ccc(Cl)cc2)nc2cnc(NCc3ccc(Cl)c(F)c3)nc21. The number of hydrogen-bond acceptors (Lipinski definition) is 6. The molecule has 0 fully saturated rings. The van der Waals surface area contributed by atoms with E-state index in [0.717, 1.165) is 0 Å². The molecule has 2 heterocycles. The Morgan fingerprint density at radius 3 is 2.59 bits per heavy atom. The zero-order valence-corrected chi connectivity index (χ0v) is 19.5. The molecule has 174 valence electrons. The molecule has 4 aromatic rings. The van der Waals surface area contributed by atoms with Gasteiger partial charge >= 0.3 is 0 Å². The van der Waals surface area contributed by atoms with E-state index in [1.165, 1.54) is 29.8 Å². The summed E-state index contributed by atoms with van der Waals surface area (Å²) in [7, 11) is 0. The molecule has 8 nitrogen and oxygen atoms in total. The van der Waals surface area contributed by atoms with Crippen molar-refractivity contribution >= 4 is 46.2 Å². The fourth-order valence-corrected chi connectivity index (χ4v) is 3.54. The lowest BCUT2D eigenvalue weighted by atomic mass is 10.1. The van der Waals surface area contributed by atoms with Gasteiger partial charge in [-0.05, 0) is 29.8 Å². The van der Waals surface area contributed by atoms with Crippen molar-refractivity contribution in [3.8, 4) is 11.3 Å². The predicted octanol–water partition coefficient (Wildman–Crippen LogP) is 4.05. The molecular formula is C23H19Cl2FN6O2. The highest BCUT2D eigenvalue weighted by Crippen LogP contribution is 2.20. The van der Waals surface area contributed by atoms with Crippen molar-refractivity contribution in [1.29, 1.82) is 0 Å². The van der Waals surface area contributed by atoms with Crippen molar-refractivity contribution in [2.75, 3.05) is 11.9 Å². The lowest BCUT2D eigenvalue weighted by molar-refractivity contribution is -0.118. The Morgan fingerprint density at radius 1 is 1.12 bits per heavy atom. The topological polar surface area (TPSA) is 102 Å². The van der Waals surface area contributed by atoms with Gasteiger partial charge in [0.15, 0.2) is 5.65 Å². The summed E-state index contributed by atoms with van der Waals surface area (Å²) in [5.74, 6) is -0.501. The number of rotatable bonds is 7. The maximum Gasteiger partial charge on any atom is 0.278 e. The van der Waals surface area contributed by atoms with Gasteiger partial charge in [-0.15, -0.1) is 0 Å². The number of nitrogens with one attached hydrogen (secondary N) is 2. The second kappa shape index (κ2) is 10.1. The zero-order chi connectivity index (χ0) is 24.2. The van der Waals surface area contributed by atoms with Crippen molar-refractivity contribution < 1.29 is 9.18 Å². The molecule has 34 heavy (non-hydrogen) atoms. The third kappa shape index (κ3) is 5.32. The lowest BCUT2D eigenvalue weighted by Crippen LogP contribution is -2.31. The third-order valence-electron chi connectivity index (χ3n) is 4.95. The molecule has 0 radical (unpaired) electrons. The first-order valence-corrected chi connectivity index (χ1v) is 11.0. The fraction of sp³-hybridized carbons (Fsp3) is 0.174. The molecule has 0 saturated heterocycles. The van der Waals surface area contributed by atoms with Crippen LogP contribution in [0.3, 0.4) is 0 Å². The Balaban J connectivity index is 1.72. The minimum Gasteiger partial charge on any atom is -0.355 e. The van der Waals surface area contributed by atoms with Crippen LogP contribution in [0.2, 0.25) is 10.0 Å². The fourth-order valence-electron chi connectivity index (χ4n) is 3.30. The van der Waals surface area contributed by atoms with Gasteiger partial charge in [0.05, 0.1) is 11.2 Å². The van der Waals surface area contributed by atoms with Crippen LogP contribution in [0.25, 0.3) is 22.4 Å². The Morgan fingerprint density at radius 2 is 1.88 bits per heavy atom. The van der Waals surface area contributed by atoms with E-state index in [2.05, 4.69) is 25.6 Å². The van der Waals surface area contributed by atoms with Gasteiger partial charge in [-0.1, -0.05) is 41.4 Å². The second-order valence-corrected chi connectivity index (χ2v) is 8.26. The van der Waals surface area contributed by atoms with E-state index in [1.807, 2.05) is 0 Å². The zero-order valence-electron chi connectivity index (χ0n) is 18.0. The Labute approximate surface area is 203 Å². The molecule has 0 aliphatic rings. The Kier molecular flexibility index (Phi) is 7.04. The van der Waals surface area contributed by atoms with E-state index in [1.54, 1.807) is 30.3 Å². The molecule has 11 heteroatoms. The van der Waals surface area contributed by atoms with Gasteiger partial charge in [0.25, 0.3) is 5.56 Å². The van der Waals surface area contributed by atoms with E-state index in [-0.39, 0.29) is 47.8 Å². The number of carbonyl (C=O) groups excluding carboxylic acids is 1. The first-order chi connectivity index (χ1) is 16.3. The summed E-state index contributed by atoms with van der Waals surface area (Å²) in [6.45, 7) is 2.05. The number of amides is 1. The molecule has 0 unspecified atom stereocenters. The highest BCUT2D eigenvalue weighted by molar-refractivity contribution is 6.31. The molecule has 0 atom stereocenters. The number of carbonyl (C=O) groups is 1. The van der Waals surface area contributed by atoms with Crippen LogP contribution >= 0.6 is 23.2 Å². The minimum atomic E-state index is -0.522. The Bertz CT molecular complexity index is 1430. The molecule has 4 rings (SSSR count). The first kappa shape index (κ1) is 23.6. The largest absolute Gasteiger partial charge is 0.355 e. The van der Waals surface area contributed by atoms with E-state index in [0.29, 0.717) is 27.3 Å². The van der Waals surface area contributed by atoms with Crippen LogP contribution in [0.5, 0.6) is 0 Å². The van der Waals surface area contributed by atoms with E-state index < -0.39 is 5.82 Å². The summed E-state index contributed by atoms with van der Waals surface area (Å²) in [6, 6.07) is 11.2. The number of fused-ring (bicyclic) bond motifs is 1. The van der Waals surface area contributed by atoms with Crippen LogP contribution in [-0.4, -0.2) is 32.0 Å². The van der Waals surface area contributed by atoms with Gasteiger partial charge in [-0.3, -0.25) is 14.2 Å². The van der Waals surface area contributed by atoms with Gasteiger partial charge in [0.1, 0.15) is 17.0 Å². The first-order valence-electron chi connectivity index (χ1n) is 10.3. The van der Waals surface area contributed by atoms with Crippen molar-refractivity contribution in [2.45, 2.75) is 20.0 Å². The molecule has 2 aromatic heterocycles. The Hall–Kier alpha value is -3.56. The summed E-state index contributed by atoms with van der Waals surface area (Å²) in [4.78, 5) is 37.9. The quantitative estimate of drug-likeness (QED) is 0.396. The number of nitrogens with zero attached hydrogens (tertiary/aromatic N) is 4. The van der Waals surface area contributed by atoms with E-state index >= 15 is 0 Å². The summed E-state index contributed by atoms with van der Waals surface area (Å²) in [6.07, 6.45) is 1.50. The van der Waals surface area contributed by atoms with Crippen LogP contribution in [-0.2, 0) is 17.9 Å². The van der Waals surface area contributed by atoms with Gasteiger partial charge in [0, 0.05) is 37.1 Å². The monoisotopic (exact) mass is 500 g/mol. The second-order valence-electron chi connectivity index (χ2n) is 7.41. The summed E-state index contributed by atoms with van der Waals surface area (Å²) in [5.41, 5.74) is 1.78. The van der Waals surface area contributed by atoms with Crippen molar-refractivity contribution in [3.63, 3.8) is 0 Å². The maximum absolute atomic E-state index is 13.7. The molecule has 0 saturated carbocycles. The molecule has 0 spiro atoms. The third-order valence-corrected chi connectivity index (χ3v) is 5.51. The van der Waals surface area contributed by atoms with Crippen molar-refractivity contribution in [2.24, 2.45) is 0 Å².